The summed E-state index contributed by atoms with van der Waals surface area (Å²) in [4.78, 5) is 17.1. The van der Waals surface area contributed by atoms with Gasteiger partial charge < -0.3 is 4.74 Å². The molecule has 3 rings (SSSR count). The second-order valence-corrected chi connectivity index (χ2v) is 6.78. The number of hydrogen-bond donors (Lipinski definition) is 0. The molecule has 0 saturated carbocycles. The van der Waals surface area contributed by atoms with Crippen molar-refractivity contribution in [2.45, 2.75) is 39.5 Å². The van der Waals surface area contributed by atoms with Crippen LogP contribution in [0.15, 0.2) is 18.2 Å². The average molecular weight is 343 g/mol. The predicted octanol–water partition coefficient (Wildman–Crippen LogP) is 4.49. The molecule has 2 aromatic heterocycles. The van der Waals surface area contributed by atoms with Crippen LogP contribution >= 0.6 is 11.3 Å². The first-order valence-electron chi connectivity index (χ1n) is 8.12. The molecular weight excluding hydrogens is 322 g/mol. The summed E-state index contributed by atoms with van der Waals surface area (Å²) < 4.78 is 6.98. The van der Waals surface area contributed by atoms with Crippen molar-refractivity contribution in [3.63, 3.8) is 0 Å². The van der Waals surface area contributed by atoms with Crippen LogP contribution in [0.3, 0.4) is 0 Å². The van der Waals surface area contributed by atoms with E-state index in [0.717, 1.165) is 46.0 Å². The van der Waals surface area contributed by atoms with Gasteiger partial charge in [-0.2, -0.15) is 9.61 Å². The lowest BCUT2D eigenvalue weighted by molar-refractivity contribution is 0.111. The Kier molecular flexibility index (Phi) is 4.66. The molecule has 0 saturated heterocycles. The van der Waals surface area contributed by atoms with Crippen LogP contribution in [0.25, 0.3) is 16.2 Å². The number of aromatic nitrogens is 3. The average Bonchev–Trinajstić information content (AvgIpc) is 3.13. The molecule has 24 heavy (non-hydrogen) atoms. The van der Waals surface area contributed by atoms with Gasteiger partial charge >= 0.3 is 0 Å². The van der Waals surface area contributed by atoms with Crippen LogP contribution in [0.4, 0.5) is 0 Å². The predicted molar refractivity (Wildman–Crippen MR) is 96.3 cm³/mol. The van der Waals surface area contributed by atoms with Crippen molar-refractivity contribution in [1.82, 2.24) is 14.6 Å². The summed E-state index contributed by atoms with van der Waals surface area (Å²) in [7, 11) is 1.65. The molecule has 0 spiro atoms. The molecule has 6 heteroatoms. The Balaban J connectivity index is 2.11. The van der Waals surface area contributed by atoms with E-state index >= 15 is 0 Å². The maximum Gasteiger partial charge on any atom is 0.213 e. The number of hydrogen-bond acceptors (Lipinski definition) is 5. The van der Waals surface area contributed by atoms with Crippen LogP contribution in [0, 0.1) is 6.92 Å². The van der Waals surface area contributed by atoms with Crippen molar-refractivity contribution in [2.24, 2.45) is 0 Å². The number of rotatable bonds is 6. The molecule has 3 aromatic rings. The summed E-state index contributed by atoms with van der Waals surface area (Å²) in [5.74, 6) is 1.24. The molecule has 0 aliphatic carbocycles. The molecule has 0 radical (unpaired) electrons. The number of carbonyl (C=O) groups is 1. The molecule has 0 fully saturated rings. The van der Waals surface area contributed by atoms with Gasteiger partial charge in [-0.15, -0.1) is 0 Å². The maximum atomic E-state index is 11.7. The Bertz CT molecular complexity index is 878. The number of methoxy groups -OCH3 is 1. The number of carbonyl (C=O) groups excluding carboxylic acids is 1. The Labute approximate surface area is 145 Å². The zero-order chi connectivity index (χ0) is 17.3. The van der Waals surface area contributed by atoms with Gasteiger partial charge in [0, 0.05) is 11.5 Å². The van der Waals surface area contributed by atoms with Gasteiger partial charge in [-0.05, 0) is 43.5 Å². The highest BCUT2D eigenvalue weighted by Crippen LogP contribution is 2.32. The molecule has 1 aromatic carbocycles. The largest absolute Gasteiger partial charge is 0.496 e. The van der Waals surface area contributed by atoms with Crippen LogP contribution < -0.4 is 4.74 Å². The maximum absolute atomic E-state index is 11.7. The number of ether oxygens (including phenoxy) is 1. The third-order valence-electron chi connectivity index (χ3n) is 4.37. The van der Waals surface area contributed by atoms with E-state index in [9.17, 15) is 4.79 Å². The summed E-state index contributed by atoms with van der Waals surface area (Å²) >= 11 is 1.57. The van der Waals surface area contributed by atoms with Gasteiger partial charge in [0.25, 0.3) is 0 Å². The van der Waals surface area contributed by atoms with E-state index in [1.54, 1.807) is 23.0 Å². The van der Waals surface area contributed by atoms with Gasteiger partial charge in [-0.1, -0.05) is 25.2 Å². The van der Waals surface area contributed by atoms with E-state index in [0.29, 0.717) is 17.3 Å². The molecule has 0 unspecified atom stereocenters. The Morgan fingerprint density at radius 3 is 2.67 bits per heavy atom. The van der Waals surface area contributed by atoms with Crippen LogP contribution in [0.5, 0.6) is 5.75 Å². The van der Waals surface area contributed by atoms with Gasteiger partial charge in [0.05, 0.1) is 7.11 Å². The molecule has 0 atom stereocenters. The van der Waals surface area contributed by atoms with Crippen LogP contribution in [0.1, 0.15) is 53.7 Å². The van der Waals surface area contributed by atoms with Crippen LogP contribution in [-0.2, 0) is 0 Å². The number of fused-ring (bicyclic) bond motifs is 1. The number of aryl methyl sites for hydroxylation is 1. The standard InChI is InChI=1S/C18H21N3O2S/c1-5-12(6-2)17-20-21-14(10-22)16(19-18(21)24-17)13-7-8-15(23-4)11(3)9-13/h7-10,12H,5-6H2,1-4H3. The third-order valence-corrected chi connectivity index (χ3v) is 5.44. The third kappa shape index (κ3) is 2.71. The zero-order valence-electron chi connectivity index (χ0n) is 14.4. The minimum atomic E-state index is 0.419. The SMILES string of the molecule is CCC(CC)c1nn2c(C=O)c(-c3ccc(OC)c(C)c3)nc2s1. The minimum absolute atomic E-state index is 0.419. The first-order valence-corrected chi connectivity index (χ1v) is 8.94. The smallest absolute Gasteiger partial charge is 0.213 e. The first kappa shape index (κ1) is 16.6. The lowest BCUT2D eigenvalue weighted by Gasteiger charge is -2.07. The lowest BCUT2D eigenvalue weighted by atomic mass is 10.1. The van der Waals surface area contributed by atoms with E-state index in [-0.39, 0.29) is 0 Å². The van der Waals surface area contributed by atoms with E-state index in [1.807, 2.05) is 25.1 Å². The summed E-state index contributed by atoms with van der Waals surface area (Å²) in [6.07, 6.45) is 2.91. The summed E-state index contributed by atoms with van der Waals surface area (Å²) in [5.41, 5.74) is 3.08. The van der Waals surface area contributed by atoms with Crippen molar-refractivity contribution in [3.05, 3.63) is 34.5 Å². The molecule has 5 nitrogen and oxygen atoms in total. The van der Waals surface area contributed by atoms with Crippen molar-refractivity contribution < 1.29 is 9.53 Å². The fourth-order valence-corrected chi connectivity index (χ4v) is 4.10. The van der Waals surface area contributed by atoms with Crippen molar-refractivity contribution in [1.29, 1.82) is 0 Å². The second kappa shape index (κ2) is 6.73. The van der Waals surface area contributed by atoms with Crippen molar-refractivity contribution in [2.75, 3.05) is 7.11 Å². The molecule has 0 aliphatic heterocycles. The topological polar surface area (TPSA) is 56.5 Å². The Morgan fingerprint density at radius 2 is 2.08 bits per heavy atom. The highest BCUT2D eigenvalue weighted by Gasteiger charge is 2.20. The Morgan fingerprint density at radius 1 is 1.33 bits per heavy atom. The van der Waals surface area contributed by atoms with Gasteiger partial charge in [-0.3, -0.25) is 4.79 Å². The van der Waals surface area contributed by atoms with Gasteiger partial charge in [0.2, 0.25) is 4.96 Å². The molecule has 0 aliphatic rings. The van der Waals surface area contributed by atoms with Gasteiger partial charge in [-0.25, -0.2) is 4.98 Å². The fourth-order valence-electron chi connectivity index (χ4n) is 2.93. The van der Waals surface area contributed by atoms with Crippen LogP contribution in [-0.4, -0.2) is 28.0 Å². The first-order chi connectivity index (χ1) is 11.6. The fraction of sp³-hybridized carbons (Fsp3) is 0.389. The normalized spacial score (nSPS) is 11.4. The van der Waals surface area contributed by atoms with Crippen molar-refractivity contribution in [3.8, 4) is 17.0 Å². The van der Waals surface area contributed by atoms with E-state index in [2.05, 4.69) is 23.9 Å². The lowest BCUT2D eigenvalue weighted by Crippen LogP contribution is -1.99. The van der Waals surface area contributed by atoms with Gasteiger partial charge in [0.15, 0.2) is 6.29 Å². The summed E-state index contributed by atoms with van der Waals surface area (Å²) in [6, 6.07) is 5.81. The highest BCUT2D eigenvalue weighted by atomic mass is 32.1. The highest BCUT2D eigenvalue weighted by molar-refractivity contribution is 7.16. The number of nitrogens with zero attached hydrogens (tertiary/aromatic N) is 3. The summed E-state index contributed by atoms with van der Waals surface area (Å²) in [5, 5.41) is 5.69. The van der Waals surface area contributed by atoms with E-state index in [4.69, 9.17) is 4.74 Å². The van der Waals surface area contributed by atoms with Gasteiger partial charge in [0.1, 0.15) is 22.1 Å². The van der Waals surface area contributed by atoms with E-state index < -0.39 is 0 Å². The molecule has 126 valence electrons. The molecule has 0 amide bonds. The van der Waals surface area contributed by atoms with Crippen LogP contribution in [0.2, 0.25) is 0 Å². The molecule has 2 heterocycles. The molecular formula is C18H21N3O2S. The Hall–Kier alpha value is -2.21. The van der Waals surface area contributed by atoms with Crippen molar-refractivity contribution >= 4 is 22.6 Å². The number of imidazole rings is 1. The number of benzene rings is 1. The monoisotopic (exact) mass is 343 g/mol. The zero-order valence-corrected chi connectivity index (χ0v) is 15.2. The quantitative estimate of drug-likeness (QED) is 0.619. The molecule has 0 bridgehead atoms. The minimum Gasteiger partial charge on any atom is -0.496 e. The number of aldehydes is 1. The second-order valence-electron chi connectivity index (χ2n) is 5.80. The van der Waals surface area contributed by atoms with E-state index in [1.165, 1.54) is 0 Å². The molecule has 0 N–H and O–H groups in total. The summed E-state index contributed by atoms with van der Waals surface area (Å²) in [6.45, 7) is 6.29.